The number of hydrogen-bond donors (Lipinski definition) is 1. The van der Waals surface area contributed by atoms with Crippen LogP contribution in [0.4, 0.5) is 10.1 Å². The number of fused-ring (bicyclic) bond motifs is 2. The van der Waals surface area contributed by atoms with Crippen molar-refractivity contribution in [3.63, 3.8) is 0 Å². The highest BCUT2D eigenvalue weighted by atomic mass is 32.2. The Morgan fingerprint density at radius 2 is 1.97 bits per heavy atom. The quantitative estimate of drug-likeness (QED) is 0.675. The van der Waals surface area contributed by atoms with Crippen molar-refractivity contribution >= 4 is 32.4 Å². The molecule has 3 aromatic rings. The Labute approximate surface area is 181 Å². The summed E-state index contributed by atoms with van der Waals surface area (Å²) in [6, 6.07) is 12.5. The predicted molar refractivity (Wildman–Crippen MR) is 121 cm³/mol. The molecule has 2 aliphatic heterocycles. The van der Waals surface area contributed by atoms with Crippen LogP contribution in [0.25, 0.3) is 16.5 Å². The zero-order chi connectivity index (χ0) is 21.6. The lowest BCUT2D eigenvalue weighted by Crippen LogP contribution is -2.48. The van der Waals surface area contributed by atoms with Crippen LogP contribution < -0.4 is 4.31 Å². The molecule has 0 radical (unpaired) electrons. The van der Waals surface area contributed by atoms with Crippen molar-refractivity contribution in [3.8, 4) is 0 Å². The van der Waals surface area contributed by atoms with Crippen LogP contribution >= 0.6 is 0 Å². The van der Waals surface area contributed by atoms with E-state index >= 15 is 0 Å². The molecule has 0 aliphatic carbocycles. The molecule has 0 fully saturated rings. The van der Waals surface area contributed by atoms with Gasteiger partial charge in [0.25, 0.3) is 0 Å². The molecule has 1 N–H and O–H groups in total. The van der Waals surface area contributed by atoms with Crippen molar-refractivity contribution in [2.45, 2.75) is 13.0 Å². The number of halogens is 1. The molecule has 0 saturated carbocycles. The lowest BCUT2D eigenvalue weighted by Gasteiger charge is -2.37. The van der Waals surface area contributed by atoms with Crippen LogP contribution in [0.1, 0.15) is 17.5 Å². The fraction of sp³-hybridized carbons (Fsp3) is 0.304. The number of H-pyrrole nitrogens is 1. The first-order valence-electron chi connectivity index (χ1n) is 10.4. The van der Waals surface area contributed by atoms with Gasteiger partial charge in [-0.3, -0.25) is 9.21 Å². The maximum absolute atomic E-state index is 13.5. The number of rotatable bonds is 4. The van der Waals surface area contributed by atoms with Gasteiger partial charge in [0, 0.05) is 62.4 Å². The van der Waals surface area contributed by atoms with Gasteiger partial charge < -0.3 is 4.98 Å². The standard InChI is InChI=1S/C23H25FN4O2S/c1-26-16-18-4-2-3-5-23(18)28(31(26,29)30)13-12-27-10-8-17(9-11-27)21-15-25-22-14-19(24)6-7-20(21)22/h2-8,14-15,25H,9-13,16H2,1H3. The Bertz CT molecular complexity index is 1270. The fourth-order valence-electron chi connectivity index (χ4n) is 4.49. The Morgan fingerprint density at radius 3 is 2.77 bits per heavy atom. The van der Waals surface area contributed by atoms with Gasteiger partial charge in [0.15, 0.2) is 0 Å². The minimum absolute atomic E-state index is 0.246. The van der Waals surface area contributed by atoms with Gasteiger partial charge in [-0.25, -0.2) is 4.39 Å². The van der Waals surface area contributed by atoms with Gasteiger partial charge in [-0.05, 0) is 41.8 Å². The molecule has 0 atom stereocenters. The van der Waals surface area contributed by atoms with E-state index in [1.54, 1.807) is 7.05 Å². The van der Waals surface area contributed by atoms with E-state index < -0.39 is 10.2 Å². The van der Waals surface area contributed by atoms with Gasteiger partial charge in [0.2, 0.25) is 0 Å². The van der Waals surface area contributed by atoms with Crippen LogP contribution in [0, 0.1) is 5.82 Å². The minimum atomic E-state index is -3.50. The largest absolute Gasteiger partial charge is 0.360 e. The van der Waals surface area contributed by atoms with Gasteiger partial charge in [-0.1, -0.05) is 24.3 Å². The van der Waals surface area contributed by atoms with Crippen molar-refractivity contribution < 1.29 is 12.8 Å². The number of nitrogens with one attached hydrogen (secondary N) is 1. The maximum atomic E-state index is 13.5. The normalized spacial score (nSPS) is 19.4. The Kier molecular flexibility index (Phi) is 5.08. The first-order chi connectivity index (χ1) is 14.9. The van der Waals surface area contributed by atoms with Gasteiger partial charge in [-0.15, -0.1) is 0 Å². The summed E-state index contributed by atoms with van der Waals surface area (Å²) in [5, 5.41) is 1.03. The van der Waals surface area contributed by atoms with Crippen LogP contribution in [0.15, 0.2) is 54.7 Å². The highest BCUT2D eigenvalue weighted by Crippen LogP contribution is 2.32. The molecule has 6 nitrogen and oxygen atoms in total. The molecular weight excluding hydrogens is 415 g/mol. The van der Waals surface area contributed by atoms with Crippen LogP contribution in [-0.2, 0) is 16.8 Å². The van der Waals surface area contributed by atoms with Crippen molar-refractivity contribution in [1.82, 2.24) is 14.2 Å². The molecule has 2 aliphatic rings. The van der Waals surface area contributed by atoms with Crippen LogP contribution in [0.5, 0.6) is 0 Å². The summed E-state index contributed by atoms with van der Waals surface area (Å²) in [7, 11) is -1.87. The third-order valence-corrected chi connectivity index (χ3v) is 8.08. The van der Waals surface area contributed by atoms with Crippen molar-refractivity contribution in [2.24, 2.45) is 0 Å². The molecule has 0 saturated heterocycles. The smallest absolute Gasteiger partial charge is 0.304 e. The molecule has 0 unspecified atom stereocenters. The first kappa shape index (κ1) is 20.2. The van der Waals surface area contributed by atoms with E-state index in [2.05, 4.69) is 16.0 Å². The van der Waals surface area contributed by atoms with Crippen molar-refractivity contribution in [1.29, 1.82) is 0 Å². The maximum Gasteiger partial charge on any atom is 0.304 e. The van der Waals surface area contributed by atoms with Crippen molar-refractivity contribution in [3.05, 3.63) is 71.7 Å². The van der Waals surface area contributed by atoms with Gasteiger partial charge in [0.1, 0.15) is 5.82 Å². The van der Waals surface area contributed by atoms with E-state index in [9.17, 15) is 12.8 Å². The summed E-state index contributed by atoms with van der Waals surface area (Å²) in [5.41, 5.74) is 4.96. The molecule has 162 valence electrons. The number of hydrogen-bond acceptors (Lipinski definition) is 3. The summed E-state index contributed by atoms with van der Waals surface area (Å²) < 4.78 is 42.2. The third-order valence-electron chi connectivity index (χ3n) is 6.23. The summed E-state index contributed by atoms with van der Waals surface area (Å²) in [6.45, 7) is 3.09. The lowest BCUT2D eigenvalue weighted by atomic mass is 9.99. The third kappa shape index (κ3) is 3.64. The number of nitrogens with zero attached hydrogens (tertiary/aromatic N) is 3. The zero-order valence-electron chi connectivity index (χ0n) is 17.4. The molecule has 2 aromatic carbocycles. The number of aromatic nitrogens is 1. The number of para-hydroxylation sites is 1. The number of anilines is 1. The van der Waals surface area contributed by atoms with Crippen LogP contribution in [-0.4, -0.2) is 55.8 Å². The van der Waals surface area contributed by atoms with Crippen molar-refractivity contribution in [2.75, 3.05) is 37.5 Å². The van der Waals surface area contributed by atoms with E-state index in [1.807, 2.05) is 36.5 Å². The van der Waals surface area contributed by atoms with Gasteiger partial charge in [-0.2, -0.15) is 12.7 Å². The number of benzene rings is 2. The summed E-state index contributed by atoms with van der Waals surface area (Å²) in [4.78, 5) is 5.42. The zero-order valence-corrected chi connectivity index (χ0v) is 18.2. The molecule has 0 bridgehead atoms. The molecule has 5 rings (SSSR count). The monoisotopic (exact) mass is 440 g/mol. The Balaban J connectivity index is 1.30. The summed E-state index contributed by atoms with van der Waals surface area (Å²) in [6.07, 6.45) is 5.01. The van der Waals surface area contributed by atoms with Gasteiger partial charge in [0.05, 0.1) is 5.69 Å². The molecule has 8 heteroatoms. The second-order valence-electron chi connectivity index (χ2n) is 8.14. The van der Waals surface area contributed by atoms with E-state index in [0.717, 1.165) is 47.2 Å². The average molecular weight is 441 g/mol. The van der Waals surface area contributed by atoms with Crippen LogP contribution in [0.3, 0.4) is 0 Å². The predicted octanol–water partition coefficient (Wildman–Crippen LogP) is 3.59. The van der Waals surface area contributed by atoms with Crippen LogP contribution in [0.2, 0.25) is 0 Å². The second-order valence-corrected chi connectivity index (χ2v) is 10.1. The fourth-order valence-corrected chi connectivity index (χ4v) is 5.87. The molecule has 3 heterocycles. The number of aromatic amines is 1. The summed E-state index contributed by atoms with van der Waals surface area (Å²) in [5.74, 6) is -0.246. The second kappa shape index (κ2) is 7.78. The molecular formula is C23H25FN4O2S. The molecule has 1 aromatic heterocycles. The highest BCUT2D eigenvalue weighted by Gasteiger charge is 2.34. The van der Waals surface area contributed by atoms with E-state index in [0.29, 0.717) is 19.6 Å². The lowest BCUT2D eigenvalue weighted by molar-refractivity contribution is 0.309. The van der Waals surface area contributed by atoms with E-state index in [1.165, 1.54) is 26.3 Å². The molecule has 31 heavy (non-hydrogen) atoms. The Hall–Kier alpha value is -2.68. The van der Waals surface area contributed by atoms with E-state index in [-0.39, 0.29) is 5.82 Å². The first-order valence-corrected chi connectivity index (χ1v) is 11.8. The minimum Gasteiger partial charge on any atom is -0.360 e. The Morgan fingerprint density at radius 1 is 1.13 bits per heavy atom. The van der Waals surface area contributed by atoms with E-state index in [4.69, 9.17) is 0 Å². The molecule has 0 spiro atoms. The highest BCUT2D eigenvalue weighted by molar-refractivity contribution is 7.90. The topological polar surface area (TPSA) is 59.6 Å². The summed E-state index contributed by atoms with van der Waals surface area (Å²) >= 11 is 0. The SMILES string of the molecule is CN1Cc2ccccc2N(CCN2CC=C(c3c[nH]c4cc(F)ccc34)CC2)S1(=O)=O. The molecule has 0 amide bonds. The average Bonchev–Trinajstić information content (AvgIpc) is 3.17. The van der Waals surface area contributed by atoms with Gasteiger partial charge >= 0.3 is 10.2 Å².